The molecule has 0 radical (unpaired) electrons. The molecule has 0 saturated carbocycles. The van der Waals surface area contributed by atoms with Crippen LogP contribution in [-0.4, -0.2) is 40.6 Å². The molecular weight excluding hydrogens is 370 g/mol. The third-order valence-corrected chi connectivity index (χ3v) is 6.09. The van der Waals surface area contributed by atoms with E-state index in [0.29, 0.717) is 36.3 Å². The van der Waals surface area contributed by atoms with Crippen LogP contribution in [0.1, 0.15) is 28.4 Å². The number of fused-ring (bicyclic) bond motifs is 5. The Balaban J connectivity index is 1.50. The summed E-state index contributed by atoms with van der Waals surface area (Å²) < 4.78 is 7.13. The maximum Gasteiger partial charge on any atom is 0.259 e. The first-order valence-corrected chi connectivity index (χ1v) is 9.74. The Bertz CT molecular complexity index is 1240. The Morgan fingerprint density at radius 2 is 1.93 bits per heavy atom. The number of carbonyl (C=O) groups is 1. The van der Waals surface area contributed by atoms with Gasteiger partial charge in [-0.2, -0.15) is 0 Å². The van der Waals surface area contributed by atoms with Crippen molar-refractivity contribution in [2.75, 3.05) is 20.2 Å². The summed E-state index contributed by atoms with van der Waals surface area (Å²) in [5.41, 5.74) is 1.41. The van der Waals surface area contributed by atoms with Crippen LogP contribution in [-0.2, 0) is 6.54 Å². The van der Waals surface area contributed by atoms with Crippen LogP contribution in [0.2, 0.25) is 0 Å². The number of aromatic nitrogens is 2. The monoisotopic (exact) mass is 391 g/mol. The van der Waals surface area contributed by atoms with Crippen LogP contribution in [0.3, 0.4) is 0 Å². The van der Waals surface area contributed by atoms with Gasteiger partial charge in [-0.15, -0.1) is 0 Å². The Morgan fingerprint density at radius 1 is 1.10 bits per heavy atom. The third kappa shape index (κ3) is 2.76. The summed E-state index contributed by atoms with van der Waals surface area (Å²) in [5, 5.41) is 0.435. The molecule has 4 heterocycles. The number of nitrogens with zero attached hydrogens (tertiary/aromatic N) is 2. The standard InChI is InChI=1S/C22H21N3O4/c1-29-18-6-2-4-15-20(18)23-9-16(21(15)27)22(28)24-10-13-8-14(12-24)17-5-3-7-19(26)25(17)11-13/h2-7,9,13-14H,8,10-12H2,1H3,(H,23,27). The first kappa shape index (κ1) is 17.7. The van der Waals surface area contributed by atoms with E-state index in [1.807, 2.05) is 10.6 Å². The number of likely N-dealkylation sites (tertiary alicyclic amines) is 1. The lowest BCUT2D eigenvalue weighted by molar-refractivity contribution is 0.0593. The maximum atomic E-state index is 13.2. The maximum absolute atomic E-state index is 13.2. The second kappa shape index (κ2) is 6.62. The van der Waals surface area contributed by atoms with Gasteiger partial charge in [0.15, 0.2) is 0 Å². The highest BCUT2D eigenvalue weighted by atomic mass is 16.5. The van der Waals surface area contributed by atoms with Crippen LogP contribution in [0.15, 0.2) is 52.2 Å². The predicted molar refractivity (Wildman–Crippen MR) is 109 cm³/mol. The fraction of sp³-hybridized carbons (Fsp3) is 0.318. The van der Waals surface area contributed by atoms with Gasteiger partial charge in [-0.25, -0.2) is 0 Å². The van der Waals surface area contributed by atoms with E-state index in [4.69, 9.17) is 4.74 Å². The number of ether oxygens (including phenoxy) is 1. The van der Waals surface area contributed by atoms with E-state index in [1.54, 1.807) is 42.3 Å². The normalized spacial score (nSPS) is 20.4. The smallest absolute Gasteiger partial charge is 0.259 e. The number of pyridine rings is 2. The number of nitrogens with one attached hydrogen (secondary N) is 1. The zero-order valence-electron chi connectivity index (χ0n) is 16.1. The molecule has 1 fully saturated rings. The summed E-state index contributed by atoms with van der Waals surface area (Å²) in [6.07, 6.45) is 2.44. The van der Waals surface area contributed by atoms with Gasteiger partial charge in [0, 0.05) is 43.5 Å². The molecule has 1 aromatic carbocycles. The Kier molecular flexibility index (Phi) is 4.04. The van der Waals surface area contributed by atoms with Gasteiger partial charge in [-0.1, -0.05) is 12.1 Å². The van der Waals surface area contributed by atoms with Gasteiger partial charge in [-0.05, 0) is 30.5 Å². The molecule has 1 amide bonds. The minimum Gasteiger partial charge on any atom is -0.495 e. The van der Waals surface area contributed by atoms with Crippen molar-refractivity contribution < 1.29 is 9.53 Å². The number of amides is 1. The lowest BCUT2D eigenvalue weighted by Crippen LogP contribution is -2.49. The average molecular weight is 391 g/mol. The molecule has 7 heteroatoms. The molecule has 148 valence electrons. The van der Waals surface area contributed by atoms with Gasteiger partial charge in [0.1, 0.15) is 11.3 Å². The summed E-state index contributed by atoms with van der Waals surface area (Å²) >= 11 is 0. The Labute approximate surface area is 166 Å². The molecule has 2 unspecified atom stereocenters. The third-order valence-electron chi connectivity index (χ3n) is 6.09. The molecule has 1 saturated heterocycles. The number of H-pyrrole nitrogens is 1. The molecule has 2 aromatic heterocycles. The van der Waals surface area contributed by atoms with Crippen LogP contribution >= 0.6 is 0 Å². The fourth-order valence-corrected chi connectivity index (χ4v) is 4.79. The number of carbonyl (C=O) groups excluding carboxylic acids is 1. The number of hydrogen-bond donors (Lipinski definition) is 1. The summed E-state index contributed by atoms with van der Waals surface area (Å²) in [6.45, 7) is 1.67. The molecule has 7 nitrogen and oxygen atoms in total. The Morgan fingerprint density at radius 3 is 2.76 bits per heavy atom. The van der Waals surface area contributed by atoms with Crippen molar-refractivity contribution in [2.45, 2.75) is 18.9 Å². The van der Waals surface area contributed by atoms with Crippen molar-refractivity contribution in [2.24, 2.45) is 5.92 Å². The topological polar surface area (TPSA) is 84.4 Å². The van der Waals surface area contributed by atoms with Crippen LogP contribution in [0.25, 0.3) is 10.9 Å². The van der Waals surface area contributed by atoms with Gasteiger partial charge in [-0.3, -0.25) is 14.4 Å². The van der Waals surface area contributed by atoms with Gasteiger partial charge in [0.2, 0.25) is 5.43 Å². The summed E-state index contributed by atoms with van der Waals surface area (Å²) in [5.74, 6) is 0.621. The van der Waals surface area contributed by atoms with Gasteiger partial charge < -0.3 is 19.2 Å². The van der Waals surface area contributed by atoms with Crippen LogP contribution in [0, 0.1) is 5.92 Å². The quantitative estimate of drug-likeness (QED) is 0.724. The van der Waals surface area contributed by atoms with Crippen LogP contribution < -0.4 is 15.7 Å². The van der Waals surface area contributed by atoms with Gasteiger partial charge >= 0.3 is 0 Å². The van der Waals surface area contributed by atoms with Crippen molar-refractivity contribution in [3.8, 4) is 5.75 Å². The molecule has 2 atom stereocenters. The first-order chi connectivity index (χ1) is 14.1. The van der Waals surface area contributed by atoms with Crippen LogP contribution in [0.4, 0.5) is 0 Å². The van der Waals surface area contributed by atoms with Gasteiger partial charge in [0.05, 0.1) is 18.0 Å². The number of methoxy groups -OCH3 is 1. The van der Waals surface area contributed by atoms with E-state index in [0.717, 1.165) is 12.1 Å². The van der Waals surface area contributed by atoms with E-state index < -0.39 is 0 Å². The second-order valence-electron chi connectivity index (χ2n) is 7.82. The van der Waals surface area contributed by atoms with E-state index in [9.17, 15) is 14.4 Å². The summed E-state index contributed by atoms with van der Waals surface area (Å²) in [4.78, 5) is 43.2. The minimum absolute atomic E-state index is 0.0110. The SMILES string of the molecule is COc1cccc2c(=O)c(C(=O)N3CC4CC(C3)c3cccc(=O)n3C4)c[nH]c12. The molecule has 2 aliphatic heterocycles. The fourth-order valence-electron chi connectivity index (χ4n) is 4.79. The predicted octanol–water partition coefficient (Wildman–Crippen LogP) is 1.96. The van der Waals surface area contributed by atoms with Crippen molar-refractivity contribution in [1.29, 1.82) is 0 Å². The van der Waals surface area contributed by atoms with Crippen molar-refractivity contribution in [3.05, 3.63) is 74.4 Å². The average Bonchev–Trinajstić information content (AvgIpc) is 2.74. The number of aromatic amines is 1. The molecule has 0 aliphatic carbocycles. The van der Waals surface area contributed by atoms with E-state index in [1.165, 1.54) is 6.20 Å². The molecule has 3 aromatic rings. The zero-order valence-corrected chi connectivity index (χ0v) is 16.1. The van der Waals surface area contributed by atoms with Crippen molar-refractivity contribution in [1.82, 2.24) is 14.5 Å². The number of piperidine rings is 1. The van der Waals surface area contributed by atoms with Gasteiger partial charge in [0.25, 0.3) is 11.5 Å². The van der Waals surface area contributed by atoms with Crippen molar-refractivity contribution >= 4 is 16.8 Å². The lowest BCUT2D eigenvalue weighted by atomic mass is 9.83. The molecule has 0 spiro atoms. The van der Waals surface area contributed by atoms with E-state index in [2.05, 4.69) is 4.98 Å². The van der Waals surface area contributed by atoms with Crippen LogP contribution in [0.5, 0.6) is 5.75 Å². The molecule has 2 bridgehead atoms. The number of rotatable bonds is 2. The van der Waals surface area contributed by atoms with E-state index in [-0.39, 0.29) is 34.3 Å². The Hall–Kier alpha value is -3.35. The highest BCUT2D eigenvalue weighted by Gasteiger charge is 2.37. The number of hydrogen-bond acceptors (Lipinski definition) is 4. The largest absolute Gasteiger partial charge is 0.495 e. The highest BCUT2D eigenvalue weighted by molar-refractivity contribution is 5.98. The first-order valence-electron chi connectivity index (χ1n) is 9.74. The van der Waals surface area contributed by atoms with E-state index >= 15 is 0 Å². The molecule has 2 aliphatic rings. The minimum atomic E-state index is -0.296. The highest BCUT2D eigenvalue weighted by Crippen LogP contribution is 2.35. The second-order valence-corrected chi connectivity index (χ2v) is 7.82. The zero-order chi connectivity index (χ0) is 20.1. The molecule has 29 heavy (non-hydrogen) atoms. The molecule has 5 rings (SSSR count). The number of para-hydroxylation sites is 1. The van der Waals surface area contributed by atoms with Crippen molar-refractivity contribution in [3.63, 3.8) is 0 Å². The number of benzene rings is 1. The lowest BCUT2D eigenvalue weighted by Gasteiger charge is -2.42. The summed E-state index contributed by atoms with van der Waals surface area (Å²) in [6, 6.07) is 10.5. The molecule has 1 N–H and O–H groups in total. The molecular formula is C22H21N3O4. The summed E-state index contributed by atoms with van der Waals surface area (Å²) in [7, 11) is 1.54.